The average Bonchev–Trinajstić information content (AvgIpc) is 3.29. The molecular formula is C26H26N12. The van der Waals surface area contributed by atoms with Gasteiger partial charge in [-0.05, 0) is 0 Å². The molecule has 0 aliphatic carbocycles. The SMILES string of the molecule is N=CN=CN=C(N)c1ccccc1C=NC1=NC(=N/C=c2\c(N)c(N)c(N)c(N)\c2=C/N)c2ccccc21. The molecule has 13 N–H and O–H groups in total. The van der Waals surface area contributed by atoms with Crippen molar-refractivity contribution in [2.75, 3.05) is 22.9 Å². The third-order valence-electron chi connectivity index (χ3n) is 5.74. The standard InChI is InChI=1S/C26H26N12/c27-9-18-19(21(30)23(32)22(31)20(18)29)11-36-26-17-8-4-3-7-16(17)25(38-26)35-10-14-5-1-2-6-15(14)24(33)37-13-34-12-28/h1-13H,27,29-32H2,(H3,28,33,34,37)/b18-9-,19-11-,35-10?,36-26?. The lowest BCUT2D eigenvalue weighted by atomic mass is 10.1. The molecule has 190 valence electrons. The molecule has 1 aliphatic rings. The highest BCUT2D eigenvalue weighted by Gasteiger charge is 2.20. The first-order valence-electron chi connectivity index (χ1n) is 11.2. The van der Waals surface area contributed by atoms with Gasteiger partial charge in [-0.2, -0.15) is 0 Å². The van der Waals surface area contributed by atoms with E-state index in [1.54, 1.807) is 6.21 Å². The van der Waals surface area contributed by atoms with Crippen LogP contribution in [-0.4, -0.2) is 36.4 Å². The number of aliphatic imine (C=N–C) groups is 5. The van der Waals surface area contributed by atoms with Crippen molar-refractivity contribution in [1.29, 1.82) is 5.41 Å². The number of anilines is 4. The molecule has 4 rings (SSSR count). The minimum absolute atomic E-state index is 0.158. The third kappa shape index (κ3) is 4.81. The van der Waals surface area contributed by atoms with Crippen molar-refractivity contribution in [2.45, 2.75) is 0 Å². The number of nitrogens with one attached hydrogen (secondary N) is 1. The first kappa shape index (κ1) is 25.3. The molecule has 0 saturated carbocycles. The van der Waals surface area contributed by atoms with Gasteiger partial charge in [0, 0.05) is 51.3 Å². The molecule has 0 fully saturated rings. The van der Waals surface area contributed by atoms with Crippen LogP contribution in [0.5, 0.6) is 0 Å². The van der Waals surface area contributed by atoms with Crippen LogP contribution < -0.4 is 44.8 Å². The Kier molecular flexibility index (Phi) is 7.24. The summed E-state index contributed by atoms with van der Waals surface area (Å²) < 4.78 is 0. The summed E-state index contributed by atoms with van der Waals surface area (Å²) in [7, 11) is 0. The van der Waals surface area contributed by atoms with Gasteiger partial charge >= 0.3 is 0 Å². The maximum Gasteiger partial charge on any atom is 0.162 e. The Morgan fingerprint density at radius 3 is 2.21 bits per heavy atom. The van der Waals surface area contributed by atoms with E-state index in [0.29, 0.717) is 27.7 Å². The Bertz CT molecular complexity index is 1690. The number of benzene rings is 3. The van der Waals surface area contributed by atoms with Gasteiger partial charge in [0.1, 0.15) is 18.5 Å². The first-order valence-corrected chi connectivity index (χ1v) is 11.2. The maximum atomic E-state index is 6.96. The second-order valence-electron chi connectivity index (χ2n) is 7.96. The minimum atomic E-state index is 0.158. The Balaban J connectivity index is 1.79. The summed E-state index contributed by atoms with van der Waals surface area (Å²) in [5, 5.41) is 7.82. The zero-order chi connectivity index (χ0) is 27.2. The highest BCUT2D eigenvalue weighted by atomic mass is 15.0. The summed E-state index contributed by atoms with van der Waals surface area (Å²) >= 11 is 0. The van der Waals surface area contributed by atoms with Gasteiger partial charge in [0.05, 0.1) is 22.7 Å². The van der Waals surface area contributed by atoms with Crippen LogP contribution in [0.2, 0.25) is 0 Å². The number of amidine groups is 3. The van der Waals surface area contributed by atoms with Crippen LogP contribution in [0.15, 0.2) is 73.5 Å². The van der Waals surface area contributed by atoms with Gasteiger partial charge in [0.25, 0.3) is 0 Å². The monoisotopic (exact) mass is 506 g/mol. The smallest absolute Gasteiger partial charge is 0.162 e. The van der Waals surface area contributed by atoms with Gasteiger partial charge in [0.15, 0.2) is 11.7 Å². The van der Waals surface area contributed by atoms with Crippen LogP contribution in [0.25, 0.3) is 12.4 Å². The predicted molar refractivity (Wildman–Crippen MR) is 158 cm³/mol. The summed E-state index contributed by atoms with van der Waals surface area (Å²) in [6.07, 6.45) is 6.53. The number of rotatable bonds is 5. The van der Waals surface area contributed by atoms with E-state index < -0.39 is 0 Å². The molecule has 3 aromatic rings. The van der Waals surface area contributed by atoms with E-state index in [4.69, 9.17) is 39.8 Å². The minimum Gasteiger partial charge on any atom is -0.404 e. The maximum absolute atomic E-state index is 6.96. The molecule has 0 unspecified atom stereocenters. The number of nitrogens with two attached hydrogens (primary N) is 6. The van der Waals surface area contributed by atoms with Gasteiger partial charge in [-0.25, -0.2) is 25.0 Å². The first-order chi connectivity index (χ1) is 18.4. The van der Waals surface area contributed by atoms with Crippen molar-refractivity contribution in [3.8, 4) is 0 Å². The van der Waals surface area contributed by atoms with Gasteiger partial charge in [-0.3, -0.25) is 5.41 Å². The van der Waals surface area contributed by atoms with Crippen molar-refractivity contribution in [1.82, 2.24) is 0 Å². The summed E-state index contributed by atoms with van der Waals surface area (Å²) in [4.78, 5) is 21.5. The lowest BCUT2D eigenvalue weighted by molar-refractivity contribution is 1.45. The van der Waals surface area contributed by atoms with E-state index >= 15 is 0 Å². The fourth-order valence-corrected chi connectivity index (χ4v) is 3.78. The predicted octanol–water partition coefficient (Wildman–Crippen LogP) is 0.117. The van der Waals surface area contributed by atoms with Crippen LogP contribution in [0.1, 0.15) is 22.3 Å². The lowest BCUT2D eigenvalue weighted by Gasteiger charge is -2.09. The second-order valence-corrected chi connectivity index (χ2v) is 7.96. The van der Waals surface area contributed by atoms with Crippen LogP contribution in [0.4, 0.5) is 22.7 Å². The van der Waals surface area contributed by atoms with E-state index in [9.17, 15) is 0 Å². The summed E-state index contributed by atoms with van der Waals surface area (Å²) in [6, 6.07) is 14.9. The van der Waals surface area contributed by atoms with Gasteiger partial charge < -0.3 is 34.4 Å². The molecule has 0 spiro atoms. The van der Waals surface area contributed by atoms with Crippen LogP contribution in [-0.2, 0) is 0 Å². The molecule has 0 aromatic heterocycles. The molecule has 1 aliphatic heterocycles. The van der Waals surface area contributed by atoms with E-state index in [1.165, 1.54) is 18.7 Å². The largest absolute Gasteiger partial charge is 0.404 e. The molecule has 0 radical (unpaired) electrons. The van der Waals surface area contributed by atoms with Crippen LogP contribution in [0.3, 0.4) is 0 Å². The normalized spacial score (nSPS) is 15.5. The number of hydrogen-bond donors (Lipinski definition) is 7. The Hall–Kier alpha value is -5.78. The summed E-state index contributed by atoms with van der Waals surface area (Å²) in [6.45, 7) is 0. The highest BCUT2D eigenvalue weighted by molar-refractivity contribution is 6.24. The molecule has 0 bridgehead atoms. The molecule has 12 nitrogen and oxygen atoms in total. The Labute approximate surface area is 217 Å². The summed E-state index contributed by atoms with van der Waals surface area (Å²) in [5.41, 5.74) is 39.8. The summed E-state index contributed by atoms with van der Waals surface area (Å²) in [5.74, 6) is 1.11. The molecule has 3 aromatic carbocycles. The van der Waals surface area contributed by atoms with E-state index in [1.807, 2.05) is 48.5 Å². The number of nitrogen functional groups attached to an aromatic ring is 4. The van der Waals surface area contributed by atoms with Gasteiger partial charge in [-0.1, -0.05) is 48.5 Å². The fourth-order valence-electron chi connectivity index (χ4n) is 3.78. The molecule has 38 heavy (non-hydrogen) atoms. The van der Waals surface area contributed by atoms with E-state index in [-0.39, 0.29) is 28.6 Å². The lowest BCUT2D eigenvalue weighted by Crippen LogP contribution is -2.34. The zero-order valence-electron chi connectivity index (χ0n) is 20.2. The molecule has 0 atom stereocenters. The van der Waals surface area contributed by atoms with E-state index in [0.717, 1.165) is 23.0 Å². The van der Waals surface area contributed by atoms with Crippen molar-refractivity contribution in [3.05, 3.63) is 81.2 Å². The molecule has 0 saturated heterocycles. The van der Waals surface area contributed by atoms with Crippen molar-refractivity contribution >= 4 is 71.5 Å². The van der Waals surface area contributed by atoms with Crippen molar-refractivity contribution < 1.29 is 0 Å². The third-order valence-corrected chi connectivity index (χ3v) is 5.74. The Morgan fingerprint density at radius 1 is 0.842 bits per heavy atom. The van der Waals surface area contributed by atoms with Gasteiger partial charge in [-0.15, -0.1) is 0 Å². The second kappa shape index (κ2) is 10.9. The average molecular weight is 507 g/mol. The van der Waals surface area contributed by atoms with E-state index in [2.05, 4.69) is 25.0 Å². The Morgan fingerprint density at radius 2 is 1.50 bits per heavy atom. The van der Waals surface area contributed by atoms with Crippen molar-refractivity contribution in [3.63, 3.8) is 0 Å². The molecule has 12 heteroatoms. The molecule has 1 heterocycles. The molecule has 0 amide bonds. The van der Waals surface area contributed by atoms with Crippen LogP contribution in [0, 0.1) is 5.41 Å². The quantitative estimate of drug-likeness (QED) is 0.144. The highest BCUT2D eigenvalue weighted by Crippen LogP contribution is 2.23. The number of hydrogen-bond acceptors (Lipinski definition) is 8. The fraction of sp³-hybridized carbons (Fsp3) is 0. The molecular weight excluding hydrogens is 480 g/mol. The number of fused-ring (bicyclic) bond motifs is 1. The van der Waals surface area contributed by atoms with Gasteiger partial charge in [0.2, 0.25) is 0 Å². The van der Waals surface area contributed by atoms with Crippen molar-refractivity contribution in [2.24, 2.45) is 36.4 Å². The van der Waals surface area contributed by atoms with Crippen LogP contribution >= 0.6 is 0 Å². The zero-order valence-corrected chi connectivity index (χ0v) is 20.2. The topological polar surface area (TPSA) is 242 Å². The number of nitrogens with zero attached hydrogens (tertiary/aromatic N) is 5.